The Kier molecular flexibility index (Phi) is 7.71. The number of carbonyl (C=O) groups excluding carboxylic acids is 2. The van der Waals surface area contributed by atoms with Crippen molar-refractivity contribution in [2.75, 3.05) is 13.2 Å². The molecular weight excluding hydrogens is 422 g/mol. The summed E-state index contributed by atoms with van der Waals surface area (Å²) in [5.41, 5.74) is 8.51. The van der Waals surface area contributed by atoms with Crippen molar-refractivity contribution >= 4 is 18.0 Å². The lowest BCUT2D eigenvalue weighted by atomic mass is 9.98. The number of rotatable bonds is 10. The van der Waals surface area contributed by atoms with E-state index in [1.54, 1.807) is 0 Å². The van der Waals surface area contributed by atoms with Crippen LogP contribution in [-0.4, -0.2) is 47.8 Å². The third-order valence-corrected chi connectivity index (χ3v) is 5.88. The molecule has 176 valence electrons. The zero-order valence-corrected chi connectivity index (χ0v) is 19.0. The maximum atomic E-state index is 12.7. The highest BCUT2D eigenvalue weighted by atomic mass is 16.5. The van der Waals surface area contributed by atoms with E-state index >= 15 is 0 Å². The number of ether oxygens (including phenoxy) is 1. The lowest BCUT2D eigenvalue weighted by Gasteiger charge is -2.27. The minimum absolute atomic E-state index is 0.0981. The van der Waals surface area contributed by atoms with Crippen LogP contribution in [0.1, 0.15) is 50.2 Å². The lowest BCUT2D eigenvalue weighted by Crippen LogP contribution is -2.58. The van der Waals surface area contributed by atoms with E-state index in [9.17, 15) is 19.5 Å². The predicted octanol–water partition coefficient (Wildman–Crippen LogP) is 3.00. The molecule has 0 radical (unpaired) electrons. The van der Waals surface area contributed by atoms with E-state index in [-0.39, 0.29) is 18.9 Å². The van der Waals surface area contributed by atoms with Gasteiger partial charge in [-0.25, -0.2) is 9.59 Å². The molecule has 0 saturated carbocycles. The Hall–Kier alpha value is -3.39. The van der Waals surface area contributed by atoms with Crippen LogP contribution < -0.4 is 16.4 Å². The minimum Gasteiger partial charge on any atom is -0.480 e. The second-order valence-corrected chi connectivity index (χ2v) is 8.72. The molecule has 0 saturated heterocycles. The van der Waals surface area contributed by atoms with Gasteiger partial charge in [-0.05, 0) is 61.9 Å². The maximum absolute atomic E-state index is 12.7. The summed E-state index contributed by atoms with van der Waals surface area (Å²) in [6.45, 7) is 3.58. The van der Waals surface area contributed by atoms with E-state index in [1.807, 2.05) is 48.5 Å². The highest BCUT2D eigenvalue weighted by Crippen LogP contribution is 2.44. The van der Waals surface area contributed by atoms with Gasteiger partial charge < -0.3 is 26.2 Å². The molecule has 2 amide bonds. The molecule has 0 bridgehead atoms. The van der Waals surface area contributed by atoms with Gasteiger partial charge in [-0.1, -0.05) is 48.5 Å². The number of unbranched alkanes of at least 4 members (excludes halogenated alkanes) is 1. The molecule has 3 rings (SSSR count). The van der Waals surface area contributed by atoms with Crippen LogP contribution in [-0.2, 0) is 14.3 Å². The van der Waals surface area contributed by atoms with Crippen molar-refractivity contribution in [2.45, 2.75) is 50.6 Å². The van der Waals surface area contributed by atoms with Gasteiger partial charge in [-0.2, -0.15) is 0 Å². The fraction of sp³-hybridized carbons (Fsp3) is 0.400. The van der Waals surface area contributed by atoms with Crippen LogP contribution in [0.4, 0.5) is 4.79 Å². The number of amides is 2. The van der Waals surface area contributed by atoms with Gasteiger partial charge >= 0.3 is 12.1 Å². The van der Waals surface area contributed by atoms with Crippen molar-refractivity contribution < 1.29 is 24.2 Å². The third kappa shape index (κ3) is 5.70. The van der Waals surface area contributed by atoms with E-state index in [4.69, 9.17) is 10.5 Å². The quantitative estimate of drug-likeness (QED) is 0.409. The largest absolute Gasteiger partial charge is 0.480 e. The molecule has 1 aliphatic carbocycles. The molecule has 33 heavy (non-hydrogen) atoms. The first-order valence-corrected chi connectivity index (χ1v) is 11.1. The van der Waals surface area contributed by atoms with Gasteiger partial charge in [-0.15, -0.1) is 0 Å². The Morgan fingerprint density at radius 1 is 1.03 bits per heavy atom. The normalized spacial score (nSPS) is 13.5. The van der Waals surface area contributed by atoms with Crippen molar-refractivity contribution in [3.05, 3.63) is 59.7 Å². The SMILES string of the molecule is CC(C)(NC(=O)OCC1c2ccccc2-c2ccccc21)C(=O)N[C@@H](CCCCN)C(=O)O. The average molecular weight is 454 g/mol. The van der Waals surface area contributed by atoms with Gasteiger partial charge in [0.25, 0.3) is 0 Å². The van der Waals surface area contributed by atoms with Gasteiger partial charge in [0.1, 0.15) is 18.2 Å². The number of alkyl carbamates (subject to hydrolysis) is 1. The van der Waals surface area contributed by atoms with Crippen LogP contribution >= 0.6 is 0 Å². The summed E-state index contributed by atoms with van der Waals surface area (Å²) in [5, 5.41) is 14.4. The maximum Gasteiger partial charge on any atom is 0.408 e. The second-order valence-electron chi connectivity index (χ2n) is 8.72. The minimum atomic E-state index is -1.36. The molecule has 0 aromatic heterocycles. The molecule has 0 fully saturated rings. The smallest absolute Gasteiger partial charge is 0.408 e. The zero-order chi connectivity index (χ0) is 24.0. The van der Waals surface area contributed by atoms with E-state index in [0.29, 0.717) is 19.4 Å². The van der Waals surface area contributed by atoms with E-state index in [2.05, 4.69) is 10.6 Å². The number of fused-ring (bicyclic) bond motifs is 3. The van der Waals surface area contributed by atoms with Crippen LogP contribution in [0.5, 0.6) is 0 Å². The summed E-state index contributed by atoms with van der Waals surface area (Å²) in [4.78, 5) is 36.7. The van der Waals surface area contributed by atoms with Crippen molar-refractivity contribution in [1.82, 2.24) is 10.6 Å². The summed E-state index contributed by atoms with van der Waals surface area (Å²) in [6.07, 6.45) is 0.765. The molecule has 0 heterocycles. The number of aliphatic carboxylic acids is 1. The van der Waals surface area contributed by atoms with Crippen LogP contribution in [0, 0.1) is 0 Å². The van der Waals surface area contributed by atoms with Gasteiger partial charge in [0.2, 0.25) is 5.91 Å². The molecule has 1 atom stereocenters. The Bertz CT molecular complexity index is 975. The summed E-state index contributed by atoms with van der Waals surface area (Å²) >= 11 is 0. The lowest BCUT2D eigenvalue weighted by molar-refractivity contribution is -0.142. The summed E-state index contributed by atoms with van der Waals surface area (Å²) in [5.74, 6) is -1.83. The van der Waals surface area contributed by atoms with Gasteiger partial charge in [-0.3, -0.25) is 4.79 Å². The molecule has 8 heteroatoms. The monoisotopic (exact) mass is 453 g/mol. The Labute approximate surface area is 193 Å². The Morgan fingerprint density at radius 2 is 1.61 bits per heavy atom. The van der Waals surface area contributed by atoms with E-state index in [0.717, 1.165) is 22.3 Å². The standard InChI is InChI=1S/C25H31N3O5/c1-25(2,23(31)27-21(22(29)30)13-7-8-14-26)28-24(32)33-15-20-18-11-5-3-9-16(18)17-10-4-6-12-19(17)20/h3-6,9-12,20-21H,7-8,13-15,26H2,1-2H3,(H,27,31)(H,28,32)(H,29,30)/t21-/m0/s1. The Balaban J connectivity index is 1.60. The first kappa shape index (κ1) is 24.3. The highest BCUT2D eigenvalue weighted by molar-refractivity contribution is 5.92. The molecule has 0 spiro atoms. The number of benzene rings is 2. The number of carbonyl (C=O) groups is 3. The van der Waals surface area contributed by atoms with Crippen molar-refractivity contribution in [3.63, 3.8) is 0 Å². The fourth-order valence-electron chi connectivity index (χ4n) is 4.04. The molecule has 8 nitrogen and oxygen atoms in total. The highest BCUT2D eigenvalue weighted by Gasteiger charge is 2.34. The summed E-state index contributed by atoms with van der Waals surface area (Å²) < 4.78 is 5.50. The molecule has 2 aromatic carbocycles. The zero-order valence-electron chi connectivity index (χ0n) is 19.0. The Morgan fingerprint density at radius 3 is 2.15 bits per heavy atom. The predicted molar refractivity (Wildman–Crippen MR) is 125 cm³/mol. The molecular formula is C25H31N3O5. The van der Waals surface area contributed by atoms with Gasteiger partial charge in [0, 0.05) is 5.92 Å². The van der Waals surface area contributed by atoms with Crippen molar-refractivity contribution in [1.29, 1.82) is 0 Å². The molecule has 0 aliphatic heterocycles. The average Bonchev–Trinajstić information content (AvgIpc) is 3.10. The number of hydrogen-bond donors (Lipinski definition) is 4. The van der Waals surface area contributed by atoms with Crippen LogP contribution in [0.2, 0.25) is 0 Å². The first-order valence-electron chi connectivity index (χ1n) is 11.1. The number of hydrogen-bond acceptors (Lipinski definition) is 5. The van der Waals surface area contributed by atoms with Crippen LogP contribution in [0.25, 0.3) is 11.1 Å². The summed E-state index contributed by atoms with van der Waals surface area (Å²) in [7, 11) is 0. The number of carboxylic acid groups (broad SMARTS) is 1. The van der Waals surface area contributed by atoms with Crippen LogP contribution in [0.3, 0.4) is 0 Å². The van der Waals surface area contributed by atoms with Crippen molar-refractivity contribution in [2.24, 2.45) is 5.73 Å². The van der Waals surface area contributed by atoms with E-state index in [1.165, 1.54) is 13.8 Å². The van der Waals surface area contributed by atoms with E-state index < -0.39 is 29.6 Å². The van der Waals surface area contributed by atoms with Gasteiger partial charge in [0.15, 0.2) is 0 Å². The number of nitrogens with one attached hydrogen (secondary N) is 2. The number of nitrogens with two attached hydrogens (primary N) is 1. The van der Waals surface area contributed by atoms with Crippen LogP contribution in [0.15, 0.2) is 48.5 Å². The number of carboxylic acids is 1. The third-order valence-electron chi connectivity index (χ3n) is 5.88. The summed E-state index contributed by atoms with van der Waals surface area (Å²) in [6, 6.07) is 15.0. The molecule has 5 N–H and O–H groups in total. The fourth-order valence-corrected chi connectivity index (χ4v) is 4.04. The first-order chi connectivity index (χ1) is 15.7. The molecule has 1 aliphatic rings. The van der Waals surface area contributed by atoms with Gasteiger partial charge in [0.05, 0.1) is 0 Å². The second kappa shape index (κ2) is 10.5. The molecule has 0 unspecified atom stereocenters. The molecule has 2 aromatic rings. The van der Waals surface area contributed by atoms with Crippen molar-refractivity contribution in [3.8, 4) is 11.1 Å². The topological polar surface area (TPSA) is 131 Å².